The van der Waals surface area contributed by atoms with Crippen LogP contribution in [0.15, 0.2) is 23.1 Å². The van der Waals surface area contributed by atoms with Crippen molar-refractivity contribution in [3.63, 3.8) is 0 Å². The predicted molar refractivity (Wildman–Crippen MR) is 73.9 cm³/mol. The van der Waals surface area contributed by atoms with Gasteiger partial charge in [-0.15, -0.1) is 0 Å². The average Bonchev–Trinajstić information content (AvgIpc) is 2.91. The summed E-state index contributed by atoms with van der Waals surface area (Å²) in [6.07, 6.45) is 0. The fourth-order valence-corrected chi connectivity index (χ4v) is 3.54. The first-order valence-corrected chi connectivity index (χ1v) is 8.27. The van der Waals surface area contributed by atoms with E-state index < -0.39 is 32.3 Å². The van der Waals surface area contributed by atoms with E-state index in [1.54, 1.807) is 0 Å². The number of nitrogens with one attached hydrogen (secondary N) is 1. The maximum absolute atomic E-state index is 14.5. The Morgan fingerprint density at radius 2 is 2.18 bits per heavy atom. The maximum atomic E-state index is 14.5. The summed E-state index contributed by atoms with van der Waals surface area (Å²) < 4.78 is 50.8. The van der Waals surface area contributed by atoms with Gasteiger partial charge in [-0.05, 0) is 18.2 Å². The predicted octanol–water partition coefficient (Wildman–Crippen LogP) is -0.143. The number of benzene rings is 1. The lowest BCUT2D eigenvalue weighted by Gasteiger charge is -2.19. The Morgan fingerprint density at radius 1 is 1.45 bits per heavy atom. The van der Waals surface area contributed by atoms with Crippen molar-refractivity contribution in [3.8, 4) is 0 Å². The van der Waals surface area contributed by atoms with E-state index >= 15 is 0 Å². The third-order valence-corrected chi connectivity index (χ3v) is 5.13. The third-order valence-electron chi connectivity index (χ3n) is 4.22. The van der Waals surface area contributed by atoms with Crippen molar-refractivity contribution in [1.29, 1.82) is 0 Å². The number of likely N-dealkylation sites (tertiary alicyclic amines) is 1. The highest BCUT2D eigenvalue weighted by Gasteiger charge is 2.51. The van der Waals surface area contributed by atoms with E-state index in [0.717, 1.165) is 12.1 Å². The van der Waals surface area contributed by atoms with Gasteiger partial charge in [0.05, 0.1) is 17.0 Å². The normalized spacial score (nSPS) is 28.0. The van der Waals surface area contributed by atoms with Crippen LogP contribution in [0.4, 0.5) is 8.78 Å². The number of hydrogen-bond donors (Lipinski definition) is 2. The van der Waals surface area contributed by atoms with Crippen LogP contribution in [0.1, 0.15) is 10.4 Å². The second kappa shape index (κ2) is 4.97. The van der Waals surface area contributed by atoms with Crippen LogP contribution in [-0.4, -0.2) is 51.1 Å². The van der Waals surface area contributed by atoms with Gasteiger partial charge in [-0.1, -0.05) is 0 Å². The lowest BCUT2D eigenvalue weighted by molar-refractivity contribution is 0.0750. The largest absolute Gasteiger partial charge is 0.335 e. The SMILES string of the molecule is NS(=O)(=O)c1ccc(C(=O)N2CC3CNCC3(F)C2)c(F)c1. The number of carbonyl (C=O) groups is 1. The topological polar surface area (TPSA) is 92.5 Å². The minimum atomic E-state index is -4.04. The minimum absolute atomic E-state index is 0.0973. The zero-order valence-electron chi connectivity index (χ0n) is 11.6. The zero-order valence-corrected chi connectivity index (χ0v) is 12.4. The van der Waals surface area contributed by atoms with Gasteiger partial charge in [0.2, 0.25) is 10.0 Å². The fraction of sp³-hybridized carbons (Fsp3) is 0.462. The number of nitrogens with zero attached hydrogens (tertiary/aromatic N) is 1. The van der Waals surface area contributed by atoms with Crippen LogP contribution in [0.3, 0.4) is 0 Å². The van der Waals surface area contributed by atoms with Crippen molar-refractivity contribution < 1.29 is 22.0 Å². The molecule has 1 amide bonds. The number of nitrogens with two attached hydrogens (primary N) is 1. The molecule has 2 unspecified atom stereocenters. The molecule has 0 aliphatic carbocycles. The van der Waals surface area contributed by atoms with Gasteiger partial charge in [0.15, 0.2) is 0 Å². The van der Waals surface area contributed by atoms with Crippen molar-refractivity contribution in [2.45, 2.75) is 10.6 Å². The van der Waals surface area contributed by atoms with E-state index in [9.17, 15) is 22.0 Å². The number of hydrogen-bond acceptors (Lipinski definition) is 4. The molecule has 0 spiro atoms. The zero-order chi connectivity index (χ0) is 16.1. The molecular formula is C13H15F2N3O3S. The molecule has 6 nitrogen and oxygen atoms in total. The molecule has 9 heteroatoms. The van der Waals surface area contributed by atoms with Crippen LogP contribution in [-0.2, 0) is 10.0 Å². The van der Waals surface area contributed by atoms with E-state index in [0.29, 0.717) is 12.6 Å². The Hall–Kier alpha value is -1.58. The van der Waals surface area contributed by atoms with E-state index in [1.165, 1.54) is 4.90 Å². The third kappa shape index (κ3) is 2.49. The van der Waals surface area contributed by atoms with Gasteiger partial charge in [-0.3, -0.25) is 4.79 Å². The summed E-state index contributed by atoms with van der Waals surface area (Å²) in [5.74, 6) is -1.94. The Labute approximate surface area is 126 Å². The van der Waals surface area contributed by atoms with Crippen molar-refractivity contribution in [3.05, 3.63) is 29.6 Å². The van der Waals surface area contributed by atoms with E-state index in [4.69, 9.17) is 5.14 Å². The standard InChI is InChI=1S/C13H15F2N3O3S/c14-11-3-9(22(16,20)21)1-2-10(11)12(19)18-5-8-4-17-6-13(8,15)7-18/h1-3,8,17H,4-7H2,(H2,16,20,21). The summed E-state index contributed by atoms with van der Waals surface area (Å²) in [7, 11) is -4.04. The molecule has 0 bridgehead atoms. The first kappa shape index (κ1) is 15.3. The molecule has 0 aromatic heterocycles. The second-order valence-corrected chi connectivity index (χ2v) is 7.30. The summed E-state index contributed by atoms with van der Waals surface area (Å²) in [5, 5.41) is 7.84. The van der Waals surface area contributed by atoms with Gasteiger partial charge in [0, 0.05) is 25.6 Å². The van der Waals surface area contributed by atoms with Crippen LogP contribution < -0.4 is 10.5 Å². The Bertz CT molecular complexity index is 740. The summed E-state index contributed by atoms with van der Waals surface area (Å²) in [4.78, 5) is 13.2. The molecule has 0 saturated carbocycles. The molecule has 2 aliphatic heterocycles. The van der Waals surface area contributed by atoms with Crippen LogP contribution in [0, 0.1) is 11.7 Å². The Balaban J connectivity index is 1.85. The van der Waals surface area contributed by atoms with E-state index in [-0.39, 0.29) is 31.1 Å². The number of sulfonamides is 1. The molecule has 2 fully saturated rings. The number of rotatable bonds is 2. The van der Waals surface area contributed by atoms with Gasteiger partial charge >= 0.3 is 0 Å². The lowest BCUT2D eigenvalue weighted by Crippen LogP contribution is -2.37. The molecule has 2 heterocycles. The number of fused-ring (bicyclic) bond motifs is 1. The molecular weight excluding hydrogens is 316 g/mol. The molecule has 3 rings (SSSR count). The molecule has 0 radical (unpaired) electrons. The first-order chi connectivity index (χ1) is 10.2. The molecule has 2 saturated heterocycles. The molecule has 1 aromatic rings. The van der Waals surface area contributed by atoms with Gasteiger partial charge in [-0.25, -0.2) is 22.3 Å². The van der Waals surface area contributed by atoms with Crippen molar-refractivity contribution in [2.24, 2.45) is 11.1 Å². The van der Waals surface area contributed by atoms with Crippen LogP contribution in [0.25, 0.3) is 0 Å². The number of halogens is 2. The monoisotopic (exact) mass is 331 g/mol. The number of carbonyl (C=O) groups excluding carboxylic acids is 1. The maximum Gasteiger partial charge on any atom is 0.256 e. The molecule has 2 atom stereocenters. The lowest BCUT2D eigenvalue weighted by atomic mass is 9.97. The number of amides is 1. The van der Waals surface area contributed by atoms with Gasteiger partial charge in [0.25, 0.3) is 5.91 Å². The van der Waals surface area contributed by atoms with Gasteiger partial charge in [0.1, 0.15) is 11.5 Å². The van der Waals surface area contributed by atoms with Crippen LogP contribution >= 0.6 is 0 Å². The highest BCUT2D eigenvalue weighted by atomic mass is 32.2. The molecule has 3 N–H and O–H groups in total. The summed E-state index contributed by atoms with van der Waals surface area (Å²) in [5.41, 5.74) is -1.77. The number of alkyl halides is 1. The second-order valence-electron chi connectivity index (χ2n) is 5.73. The molecule has 120 valence electrons. The number of primary sulfonamides is 1. The summed E-state index contributed by atoms with van der Waals surface area (Å²) in [6.45, 7) is 0.764. The Kier molecular flexibility index (Phi) is 3.46. The highest BCUT2D eigenvalue weighted by Crippen LogP contribution is 2.35. The molecule has 2 aliphatic rings. The van der Waals surface area contributed by atoms with Crippen molar-refractivity contribution >= 4 is 15.9 Å². The highest BCUT2D eigenvalue weighted by molar-refractivity contribution is 7.89. The molecule has 1 aromatic carbocycles. The first-order valence-electron chi connectivity index (χ1n) is 6.72. The van der Waals surface area contributed by atoms with Crippen molar-refractivity contribution in [1.82, 2.24) is 10.2 Å². The van der Waals surface area contributed by atoms with Crippen molar-refractivity contribution in [2.75, 3.05) is 26.2 Å². The van der Waals surface area contributed by atoms with E-state index in [2.05, 4.69) is 5.32 Å². The Morgan fingerprint density at radius 3 is 2.77 bits per heavy atom. The van der Waals surface area contributed by atoms with E-state index in [1.807, 2.05) is 0 Å². The average molecular weight is 331 g/mol. The van der Waals surface area contributed by atoms with Gasteiger partial charge < -0.3 is 10.2 Å². The minimum Gasteiger partial charge on any atom is -0.335 e. The van der Waals surface area contributed by atoms with Gasteiger partial charge in [-0.2, -0.15) is 0 Å². The van der Waals surface area contributed by atoms with Crippen LogP contribution in [0.2, 0.25) is 0 Å². The van der Waals surface area contributed by atoms with Crippen LogP contribution in [0.5, 0.6) is 0 Å². The summed E-state index contributed by atoms with van der Waals surface area (Å²) >= 11 is 0. The molecule has 22 heavy (non-hydrogen) atoms. The summed E-state index contributed by atoms with van der Waals surface area (Å²) in [6, 6.07) is 2.83. The fourth-order valence-electron chi connectivity index (χ4n) is 3.01. The quantitative estimate of drug-likeness (QED) is 0.789. The smallest absolute Gasteiger partial charge is 0.256 e.